The van der Waals surface area contributed by atoms with Crippen molar-refractivity contribution in [1.29, 1.82) is 0 Å². The van der Waals surface area contributed by atoms with E-state index < -0.39 is 0 Å². The summed E-state index contributed by atoms with van der Waals surface area (Å²) in [7, 11) is 1.36. The summed E-state index contributed by atoms with van der Waals surface area (Å²) in [5.41, 5.74) is 7.04. The number of aromatic nitrogens is 1. The Kier molecular flexibility index (Phi) is 4.96. The number of carbonyl (C=O) groups excluding carboxylic acids is 1. The Morgan fingerprint density at radius 2 is 1.79 bits per heavy atom. The fourth-order valence-corrected chi connectivity index (χ4v) is 2.99. The van der Waals surface area contributed by atoms with Crippen LogP contribution in [0, 0.1) is 13.8 Å². The Hall–Kier alpha value is -3.73. The van der Waals surface area contributed by atoms with Gasteiger partial charge < -0.3 is 9.15 Å². The van der Waals surface area contributed by atoms with Gasteiger partial charge in [0.15, 0.2) is 5.58 Å². The zero-order valence-corrected chi connectivity index (χ0v) is 16.5. The number of benzene rings is 3. The SMILES string of the molecule is COC(=O)c1ccc(C=Nc2cccc(-c3nc4cc(C)c(C)cc4o3)c2)cc1. The summed E-state index contributed by atoms with van der Waals surface area (Å²) in [6.07, 6.45) is 1.75. The molecule has 0 N–H and O–H groups in total. The highest BCUT2D eigenvalue weighted by molar-refractivity contribution is 5.91. The van der Waals surface area contributed by atoms with Crippen molar-refractivity contribution >= 4 is 29.0 Å². The Labute approximate surface area is 168 Å². The number of fused-ring (bicyclic) bond motifs is 1. The van der Waals surface area contributed by atoms with Crippen molar-refractivity contribution in [3.63, 3.8) is 0 Å². The topological polar surface area (TPSA) is 64.7 Å². The summed E-state index contributed by atoms with van der Waals surface area (Å²) in [4.78, 5) is 20.7. The van der Waals surface area contributed by atoms with Crippen LogP contribution in [0.3, 0.4) is 0 Å². The van der Waals surface area contributed by atoms with Crippen LogP contribution in [0.1, 0.15) is 27.0 Å². The number of hydrogen-bond donors (Lipinski definition) is 0. The van der Waals surface area contributed by atoms with Gasteiger partial charge in [0.25, 0.3) is 0 Å². The maximum Gasteiger partial charge on any atom is 0.337 e. The number of aryl methyl sites for hydroxylation is 2. The molecule has 144 valence electrons. The lowest BCUT2D eigenvalue weighted by Crippen LogP contribution is -2.00. The summed E-state index contributed by atoms with van der Waals surface area (Å²) in [5, 5.41) is 0. The number of carbonyl (C=O) groups is 1. The van der Waals surface area contributed by atoms with E-state index in [1.807, 2.05) is 48.5 Å². The predicted molar refractivity (Wildman–Crippen MR) is 114 cm³/mol. The second-order valence-electron chi connectivity index (χ2n) is 6.85. The summed E-state index contributed by atoms with van der Waals surface area (Å²) in [6, 6.07) is 18.9. The molecule has 1 heterocycles. The van der Waals surface area contributed by atoms with Crippen LogP contribution < -0.4 is 0 Å². The van der Waals surface area contributed by atoms with Gasteiger partial charge in [-0.05, 0) is 73.0 Å². The molecule has 0 unspecified atom stereocenters. The van der Waals surface area contributed by atoms with Gasteiger partial charge in [-0.1, -0.05) is 18.2 Å². The first-order valence-electron chi connectivity index (χ1n) is 9.24. The van der Waals surface area contributed by atoms with Crippen LogP contribution >= 0.6 is 0 Å². The lowest BCUT2D eigenvalue weighted by molar-refractivity contribution is 0.0600. The van der Waals surface area contributed by atoms with Crippen LogP contribution in [0.5, 0.6) is 0 Å². The average Bonchev–Trinajstić information content (AvgIpc) is 3.15. The predicted octanol–water partition coefficient (Wildman–Crippen LogP) is 5.65. The Bertz CT molecular complexity index is 1180. The molecule has 3 aromatic carbocycles. The van der Waals surface area contributed by atoms with E-state index in [1.165, 1.54) is 18.2 Å². The quantitative estimate of drug-likeness (QED) is 0.337. The smallest absolute Gasteiger partial charge is 0.337 e. The van der Waals surface area contributed by atoms with Crippen molar-refractivity contribution in [3.05, 3.63) is 82.9 Å². The van der Waals surface area contributed by atoms with Gasteiger partial charge >= 0.3 is 5.97 Å². The molecule has 0 radical (unpaired) electrons. The fraction of sp³-hybridized carbons (Fsp3) is 0.125. The third kappa shape index (κ3) is 3.94. The van der Waals surface area contributed by atoms with E-state index in [1.54, 1.807) is 18.3 Å². The van der Waals surface area contributed by atoms with Crippen molar-refractivity contribution in [2.75, 3.05) is 7.11 Å². The van der Waals surface area contributed by atoms with Crippen LogP contribution in [0.25, 0.3) is 22.6 Å². The molecular formula is C24H20N2O3. The molecule has 29 heavy (non-hydrogen) atoms. The molecule has 0 saturated carbocycles. The number of aliphatic imine (C=N–C) groups is 1. The molecule has 0 spiro atoms. The Morgan fingerprint density at radius 1 is 1.03 bits per heavy atom. The molecule has 0 bridgehead atoms. The highest BCUT2D eigenvalue weighted by Crippen LogP contribution is 2.28. The van der Waals surface area contributed by atoms with Gasteiger partial charge in [0.05, 0.1) is 18.4 Å². The van der Waals surface area contributed by atoms with E-state index in [9.17, 15) is 4.79 Å². The molecular weight excluding hydrogens is 364 g/mol. The molecule has 0 aliphatic carbocycles. The number of rotatable bonds is 4. The molecule has 0 amide bonds. The third-order valence-corrected chi connectivity index (χ3v) is 4.79. The van der Waals surface area contributed by atoms with Crippen LogP contribution in [-0.2, 0) is 4.74 Å². The minimum atomic E-state index is -0.357. The second kappa shape index (κ2) is 7.72. The van der Waals surface area contributed by atoms with E-state index >= 15 is 0 Å². The maximum absolute atomic E-state index is 11.5. The van der Waals surface area contributed by atoms with Gasteiger partial charge in [-0.2, -0.15) is 0 Å². The largest absolute Gasteiger partial charge is 0.465 e. The molecule has 0 saturated heterocycles. The van der Waals surface area contributed by atoms with Gasteiger partial charge in [-0.15, -0.1) is 0 Å². The van der Waals surface area contributed by atoms with Gasteiger partial charge in [0.2, 0.25) is 5.89 Å². The average molecular weight is 384 g/mol. The van der Waals surface area contributed by atoms with E-state index in [0.29, 0.717) is 11.5 Å². The number of hydrogen-bond acceptors (Lipinski definition) is 5. The zero-order chi connectivity index (χ0) is 20.4. The number of oxazole rings is 1. The molecule has 1 aromatic heterocycles. The Morgan fingerprint density at radius 3 is 2.55 bits per heavy atom. The summed E-state index contributed by atoms with van der Waals surface area (Å²) in [6.45, 7) is 4.13. The van der Waals surface area contributed by atoms with Crippen molar-refractivity contribution in [1.82, 2.24) is 4.98 Å². The van der Waals surface area contributed by atoms with Crippen molar-refractivity contribution in [3.8, 4) is 11.5 Å². The minimum Gasteiger partial charge on any atom is -0.465 e. The van der Waals surface area contributed by atoms with Gasteiger partial charge in [-0.25, -0.2) is 9.78 Å². The standard InChI is InChI=1S/C24H20N2O3/c1-15-11-21-22(12-16(15)2)29-23(26-21)19-5-4-6-20(13-19)25-14-17-7-9-18(10-8-17)24(27)28-3/h4-14H,1-3H3. The summed E-state index contributed by atoms with van der Waals surface area (Å²) >= 11 is 0. The molecule has 5 heteroatoms. The fourth-order valence-electron chi connectivity index (χ4n) is 2.99. The summed E-state index contributed by atoms with van der Waals surface area (Å²) in [5.74, 6) is 0.217. The van der Waals surface area contributed by atoms with Crippen LogP contribution in [0.15, 0.2) is 70.1 Å². The van der Waals surface area contributed by atoms with E-state index in [0.717, 1.165) is 27.9 Å². The van der Waals surface area contributed by atoms with Crippen molar-refractivity contribution in [2.45, 2.75) is 13.8 Å². The van der Waals surface area contributed by atoms with E-state index in [-0.39, 0.29) is 5.97 Å². The minimum absolute atomic E-state index is 0.357. The second-order valence-corrected chi connectivity index (χ2v) is 6.85. The zero-order valence-electron chi connectivity index (χ0n) is 16.5. The first-order valence-corrected chi connectivity index (χ1v) is 9.24. The number of esters is 1. The molecule has 0 aliphatic rings. The molecule has 4 aromatic rings. The van der Waals surface area contributed by atoms with Gasteiger partial charge in [0.1, 0.15) is 5.52 Å². The van der Waals surface area contributed by atoms with Crippen LogP contribution in [-0.4, -0.2) is 24.3 Å². The monoisotopic (exact) mass is 384 g/mol. The maximum atomic E-state index is 11.5. The number of nitrogens with zero attached hydrogens (tertiary/aromatic N) is 2. The van der Waals surface area contributed by atoms with Gasteiger partial charge in [0, 0.05) is 11.8 Å². The normalized spacial score (nSPS) is 11.3. The number of methoxy groups -OCH3 is 1. The third-order valence-electron chi connectivity index (χ3n) is 4.79. The Balaban J connectivity index is 1.59. The first-order chi connectivity index (χ1) is 14.0. The molecule has 0 fully saturated rings. The van der Waals surface area contributed by atoms with Crippen LogP contribution in [0.4, 0.5) is 5.69 Å². The highest BCUT2D eigenvalue weighted by atomic mass is 16.5. The molecule has 4 rings (SSSR count). The summed E-state index contributed by atoms with van der Waals surface area (Å²) < 4.78 is 10.7. The molecule has 5 nitrogen and oxygen atoms in total. The molecule has 0 atom stereocenters. The van der Waals surface area contributed by atoms with Gasteiger partial charge in [-0.3, -0.25) is 4.99 Å². The van der Waals surface area contributed by atoms with Crippen molar-refractivity contribution < 1.29 is 13.9 Å². The first kappa shape index (κ1) is 18.6. The number of ether oxygens (including phenoxy) is 1. The van der Waals surface area contributed by atoms with Crippen LogP contribution in [0.2, 0.25) is 0 Å². The lowest BCUT2D eigenvalue weighted by Gasteiger charge is -2.00. The highest BCUT2D eigenvalue weighted by Gasteiger charge is 2.10. The molecule has 0 aliphatic heterocycles. The van der Waals surface area contributed by atoms with E-state index in [2.05, 4.69) is 23.8 Å². The van der Waals surface area contributed by atoms with E-state index in [4.69, 9.17) is 9.15 Å². The van der Waals surface area contributed by atoms with Crippen molar-refractivity contribution in [2.24, 2.45) is 4.99 Å². The lowest BCUT2D eigenvalue weighted by atomic mass is 10.1.